The molecule has 0 amide bonds. The summed E-state index contributed by atoms with van der Waals surface area (Å²) in [5.41, 5.74) is 5.64. The molecule has 0 aliphatic heterocycles. The van der Waals surface area contributed by atoms with Crippen molar-refractivity contribution in [2.75, 3.05) is 6.61 Å². The Kier molecular flexibility index (Phi) is 6.84. The first-order chi connectivity index (χ1) is 16.4. The fourth-order valence-corrected chi connectivity index (χ4v) is 4.06. The van der Waals surface area contributed by atoms with Gasteiger partial charge >= 0.3 is 5.69 Å². The zero-order valence-electron chi connectivity index (χ0n) is 20.2. The Morgan fingerprint density at radius 2 is 1.53 bits per heavy atom. The van der Waals surface area contributed by atoms with Crippen molar-refractivity contribution in [3.05, 3.63) is 93.9 Å². The molecule has 34 heavy (non-hydrogen) atoms. The molecule has 0 aliphatic carbocycles. The van der Waals surface area contributed by atoms with Crippen molar-refractivity contribution in [1.82, 2.24) is 9.55 Å². The number of fused-ring (bicyclic) bond motifs is 1. The van der Waals surface area contributed by atoms with Gasteiger partial charge in [-0.1, -0.05) is 82.1 Å². The molecule has 1 aromatic heterocycles. The molecule has 0 spiro atoms. The number of aromatic nitrogens is 2. The van der Waals surface area contributed by atoms with Crippen molar-refractivity contribution in [2.24, 2.45) is 0 Å². The van der Waals surface area contributed by atoms with Crippen LogP contribution in [0.25, 0.3) is 22.2 Å². The summed E-state index contributed by atoms with van der Waals surface area (Å²) in [4.78, 5) is 17.8. The van der Waals surface area contributed by atoms with E-state index in [9.17, 15) is 4.79 Å². The van der Waals surface area contributed by atoms with E-state index in [0.29, 0.717) is 29.8 Å². The average molecular weight is 451 g/mol. The normalized spacial score (nSPS) is 11.2. The molecule has 4 heteroatoms. The van der Waals surface area contributed by atoms with Crippen LogP contribution in [0.1, 0.15) is 56.2 Å². The molecule has 0 fully saturated rings. The molecule has 0 saturated carbocycles. The van der Waals surface area contributed by atoms with E-state index in [4.69, 9.17) is 11.2 Å². The summed E-state index contributed by atoms with van der Waals surface area (Å²) >= 11 is 0. The largest absolute Gasteiger partial charge is 0.481 e. The quantitative estimate of drug-likeness (QED) is 0.307. The predicted octanol–water partition coefficient (Wildman–Crippen LogP) is 6.37. The third-order valence-corrected chi connectivity index (χ3v) is 6.11. The van der Waals surface area contributed by atoms with E-state index >= 15 is 0 Å². The van der Waals surface area contributed by atoms with E-state index in [-0.39, 0.29) is 12.3 Å². The molecule has 0 bridgehead atoms. The smallest absolute Gasteiger partial charge is 0.348 e. The lowest BCUT2D eigenvalue weighted by molar-refractivity contribution is 0.371. The molecule has 4 nitrogen and oxygen atoms in total. The van der Waals surface area contributed by atoms with Crippen LogP contribution in [-0.4, -0.2) is 16.2 Å². The SMILES string of the molecule is C#CCOc1ccc2c(c1)c(-c1ccc(C(C)C)cc1)nc(=O)n2Cc1ccc(C(C)C)cc1. The topological polar surface area (TPSA) is 44.1 Å². The fraction of sp³-hybridized carbons (Fsp3) is 0.267. The lowest BCUT2D eigenvalue weighted by atomic mass is 9.99. The van der Waals surface area contributed by atoms with E-state index in [1.54, 1.807) is 4.57 Å². The second-order valence-electron chi connectivity index (χ2n) is 9.17. The summed E-state index contributed by atoms with van der Waals surface area (Å²) in [5, 5.41) is 0.852. The number of benzene rings is 3. The van der Waals surface area contributed by atoms with Gasteiger partial charge in [0.05, 0.1) is 17.8 Å². The summed E-state index contributed by atoms with van der Waals surface area (Å²) in [6.45, 7) is 9.28. The Morgan fingerprint density at radius 1 is 0.912 bits per heavy atom. The molecule has 0 atom stereocenters. The van der Waals surface area contributed by atoms with Crippen molar-refractivity contribution in [3.8, 4) is 29.4 Å². The van der Waals surface area contributed by atoms with Gasteiger partial charge in [0.1, 0.15) is 12.4 Å². The monoisotopic (exact) mass is 450 g/mol. The second-order valence-corrected chi connectivity index (χ2v) is 9.17. The lowest BCUT2D eigenvalue weighted by Crippen LogP contribution is -2.24. The number of rotatable bonds is 7. The van der Waals surface area contributed by atoms with Crippen molar-refractivity contribution < 1.29 is 4.74 Å². The zero-order valence-corrected chi connectivity index (χ0v) is 20.2. The molecule has 1 heterocycles. The van der Waals surface area contributed by atoms with Gasteiger partial charge in [0.2, 0.25) is 0 Å². The van der Waals surface area contributed by atoms with E-state index < -0.39 is 0 Å². The van der Waals surface area contributed by atoms with Crippen LogP contribution in [0, 0.1) is 12.3 Å². The summed E-state index contributed by atoms with van der Waals surface area (Å²) < 4.78 is 7.40. The molecule has 0 unspecified atom stereocenters. The summed E-state index contributed by atoms with van der Waals surface area (Å²) in [6.07, 6.45) is 5.37. The highest BCUT2D eigenvalue weighted by atomic mass is 16.5. The standard InChI is InChI=1S/C30H30N2O2/c1-6-17-34-26-15-16-28-27(18-26)29(25-13-11-24(12-14-25)21(4)5)31-30(33)32(28)19-22-7-9-23(10-8-22)20(2)3/h1,7-16,18,20-21H,17,19H2,2-5H3. The Labute approximate surface area is 201 Å². The van der Waals surface area contributed by atoms with Crippen LogP contribution >= 0.6 is 0 Å². The summed E-state index contributed by atoms with van der Waals surface area (Å²) in [5.74, 6) is 4.04. The molecule has 4 rings (SSSR count). The average Bonchev–Trinajstić information content (AvgIpc) is 2.84. The molecule has 3 aromatic carbocycles. The predicted molar refractivity (Wildman–Crippen MR) is 139 cm³/mol. The minimum Gasteiger partial charge on any atom is -0.481 e. The Balaban J connectivity index is 1.84. The van der Waals surface area contributed by atoms with E-state index in [1.165, 1.54) is 11.1 Å². The fourth-order valence-electron chi connectivity index (χ4n) is 4.06. The van der Waals surface area contributed by atoms with Crippen molar-refractivity contribution >= 4 is 10.9 Å². The molecular weight excluding hydrogens is 420 g/mol. The Morgan fingerprint density at radius 3 is 2.12 bits per heavy atom. The first kappa shape index (κ1) is 23.3. The van der Waals surface area contributed by atoms with Gasteiger partial charge in [-0.2, -0.15) is 4.98 Å². The molecular formula is C30H30N2O2. The lowest BCUT2D eigenvalue weighted by Gasteiger charge is -2.15. The first-order valence-corrected chi connectivity index (χ1v) is 11.7. The van der Waals surface area contributed by atoms with Gasteiger partial charge in [0.15, 0.2) is 0 Å². The minimum absolute atomic E-state index is 0.180. The molecule has 0 saturated heterocycles. The van der Waals surface area contributed by atoms with E-state index in [2.05, 4.69) is 75.0 Å². The molecule has 0 radical (unpaired) electrons. The highest BCUT2D eigenvalue weighted by Crippen LogP contribution is 2.30. The maximum Gasteiger partial charge on any atom is 0.348 e. The number of hydrogen-bond acceptors (Lipinski definition) is 3. The van der Waals surface area contributed by atoms with Crippen LogP contribution in [0.3, 0.4) is 0 Å². The highest BCUT2D eigenvalue weighted by molar-refractivity contribution is 5.93. The van der Waals surface area contributed by atoms with Crippen LogP contribution in [0.4, 0.5) is 0 Å². The van der Waals surface area contributed by atoms with Gasteiger partial charge in [-0.3, -0.25) is 4.57 Å². The summed E-state index contributed by atoms with van der Waals surface area (Å²) in [6, 6.07) is 22.3. The van der Waals surface area contributed by atoms with Crippen molar-refractivity contribution in [3.63, 3.8) is 0 Å². The maximum atomic E-state index is 13.2. The van der Waals surface area contributed by atoms with E-state index in [1.807, 2.05) is 30.3 Å². The molecule has 4 aromatic rings. The number of terminal acetylenes is 1. The Hall–Kier alpha value is -3.84. The highest BCUT2D eigenvalue weighted by Gasteiger charge is 2.14. The molecule has 0 aliphatic rings. The van der Waals surface area contributed by atoms with Crippen LogP contribution < -0.4 is 10.4 Å². The zero-order chi connectivity index (χ0) is 24.2. The molecule has 0 N–H and O–H groups in total. The van der Waals surface area contributed by atoms with Crippen molar-refractivity contribution in [1.29, 1.82) is 0 Å². The third kappa shape index (κ3) is 4.89. The van der Waals surface area contributed by atoms with Crippen LogP contribution in [0.5, 0.6) is 5.75 Å². The van der Waals surface area contributed by atoms with Gasteiger partial charge in [0, 0.05) is 10.9 Å². The van der Waals surface area contributed by atoms with Crippen LogP contribution in [-0.2, 0) is 6.54 Å². The van der Waals surface area contributed by atoms with Gasteiger partial charge < -0.3 is 4.74 Å². The number of hydrogen-bond donors (Lipinski definition) is 0. The number of nitrogens with zero attached hydrogens (tertiary/aromatic N) is 2. The van der Waals surface area contributed by atoms with Gasteiger partial charge in [-0.05, 0) is 46.7 Å². The van der Waals surface area contributed by atoms with Crippen LogP contribution in [0.15, 0.2) is 71.5 Å². The second kappa shape index (κ2) is 9.97. The maximum absolute atomic E-state index is 13.2. The number of ether oxygens (including phenoxy) is 1. The van der Waals surface area contributed by atoms with Crippen LogP contribution in [0.2, 0.25) is 0 Å². The van der Waals surface area contributed by atoms with E-state index in [0.717, 1.165) is 22.0 Å². The van der Waals surface area contributed by atoms with Gasteiger partial charge in [-0.15, -0.1) is 6.42 Å². The summed E-state index contributed by atoms with van der Waals surface area (Å²) in [7, 11) is 0. The van der Waals surface area contributed by atoms with Gasteiger partial charge in [0.25, 0.3) is 0 Å². The first-order valence-electron chi connectivity index (χ1n) is 11.7. The molecule has 172 valence electrons. The van der Waals surface area contributed by atoms with Gasteiger partial charge in [-0.25, -0.2) is 4.79 Å². The van der Waals surface area contributed by atoms with Crippen molar-refractivity contribution in [2.45, 2.75) is 46.1 Å². The minimum atomic E-state index is -0.277. The third-order valence-electron chi connectivity index (χ3n) is 6.11. The Bertz CT molecular complexity index is 1390.